The van der Waals surface area contributed by atoms with Gasteiger partial charge in [0.1, 0.15) is 0 Å². The van der Waals surface area contributed by atoms with Gasteiger partial charge in [0.25, 0.3) is 0 Å². The molecule has 2 aliphatic rings. The van der Waals surface area contributed by atoms with Crippen molar-refractivity contribution in [1.29, 1.82) is 0 Å². The van der Waals surface area contributed by atoms with Crippen molar-refractivity contribution < 1.29 is 0 Å². The first kappa shape index (κ1) is 15.3. The van der Waals surface area contributed by atoms with E-state index in [1.807, 2.05) is 0 Å². The molecule has 116 valence electrons. The minimum absolute atomic E-state index is 0.153. The Morgan fingerprint density at radius 2 is 1.95 bits per heavy atom. The maximum absolute atomic E-state index is 6.47. The summed E-state index contributed by atoms with van der Waals surface area (Å²) in [6.07, 6.45) is 0. The number of benzene rings is 1. The van der Waals surface area contributed by atoms with Gasteiger partial charge >= 0.3 is 0 Å². The number of alkyl halides is 1. The van der Waals surface area contributed by atoms with Crippen molar-refractivity contribution in [2.45, 2.75) is 30.4 Å². The van der Waals surface area contributed by atoms with Crippen LogP contribution in [0.1, 0.15) is 18.5 Å². The minimum atomic E-state index is 0.153. The van der Waals surface area contributed by atoms with Crippen molar-refractivity contribution >= 4 is 11.6 Å². The van der Waals surface area contributed by atoms with Gasteiger partial charge in [-0.25, -0.2) is 0 Å². The molecule has 0 aromatic heterocycles. The lowest BCUT2D eigenvalue weighted by Gasteiger charge is -2.40. The Hall–Kier alpha value is -0.650. The third-order valence-electron chi connectivity index (χ3n) is 4.73. The van der Waals surface area contributed by atoms with Crippen LogP contribution in [0.25, 0.3) is 0 Å². The first-order chi connectivity index (χ1) is 10.1. The van der Waals surface area contributed by atoms with E-state index in [9.17, 15) is 0 Å². The molecule has 1 aromatic carbocycles. The van der Waals surface area contributed by atoms with Gasteiger partial charge in [-0.3, -0.25) is 20.7 Å². The van der Waals surface area contributed by atoms with Crippen LogP contribution in [0.2, 0.25) is 0 Å². The topological polar surface area (TPSA) is 30.5 Å². The zero-order chi connectivity index (χ0) is 14.8. The monoisotopic (exact) mass is 308 g/mol. The fourth-order valence-electron chi connectivity index (χ4n) is 3.30. The Morgan fingerprint density at radius 3 is 2.62 bits per heavy atom. The molecule has 4 atom stereocenters. The molecular formula is C16H25ClN4. The molecule has 4 nitrogen and oxygen atoms in total. The summed E-state index contributed by atoms with van der Waals surface area (Å²) in [4.78, 5) is 4.98. The summed E-state index contributed by atoms with van der Waals surface area (Å²) in [6, 6.07) is 11.9. The SMILES string of the molecule is CC1NNC(CN2CCN(C)C(c3ccccc3)C2)C1Cl. The van der Waals surface area contributed by atoms with Crippen LogP contribution in [0.3, 0.4) is 0 Å². The molecule has 1 aromatic rings. The lowest BCUT2D eigenvalue weighted by molar-refractivity contribution is 0.0893. The summed E-state index contributed by atoms with van der Waals surface area (Å²) in [5.74, 6) is 0. The molecule has 0 radical (unpaired) electrons. The number of piperazine rings is 1. The van der Waals surface area contributed by atoms with E-state index >= 15 is 0 Å². The van der Waals surface area contributed by atoms with Gasteiger partial charge in [-0.1, -0.05) is 30.3 Å². The maximum atomic E-state index is 6.47. The number of likely N-dealkylation sites (N-methyl/N-ethyl adjacent to an activating group) is 1. The molecule has 21 heavy (non-hydrogen) atoms. The molecule has 0 saturated carbocycles. The Labute approximate surface area is 132 Å². The van der Waals surface area contributed by atoms with Crippen LogP contribution in [0.5, 0.6) is 0 Å². The number of rotatable bonds is 3. The van der Waals surface area contributed by atoms with Gasteiger partial charge in [-0.05, 0) is 19.5 Å². The summed E-state index contributed by atoms with van der Waals surface area (Å²) < 4.78 is 0. The van der Waals surface area contributed by atoms with Gasteiger partial charge in [0.15, 0.2) is 0 Å². The summed E-state index contributed by atoms with van der Waals surface area (Å²) in [5.41, 5.74) is 7.97. The molecule has 3 rings (SSSR count). The third kappa shape index (κ3) is 3.41. The predicted octanol–water partition coefficient (Wildman–Crippen LogP) is 1.45. The first-order valence-corrected chi connectivity index (χ1v) is 8.21. The van der Waals surface area contributed by atoms with E-state index in [1.54, 1.807) is 0 Å². The lowest BCUT2D eigenvalue weighted by atomic mass is 10.0. The Bertz CT molecular complexity index is 455. The fourth-order valence-corrected chi connectivity index (χ4v) is 3.51. The van der Waals surface area contributed by atoms with Gasteiger partial charge < -0.3 is 0 Å². The number of hydrogen-bond donors (Lipinski definition) is 2. The largest absolute Gasteiger partial charge is 0.299 e. The smallest absolute Gasteiger partial charge is 0.0679 e. The van der Waals surface area contributed by atoms with Gasteiger partial charge in [-0.2, -0.15) is 0 Å². The van der Waals surface area contributed by atoms with Crippen LogP contribution in [0.4, 0.5) is 0 Å². The van der Waals surface area contributed by atoms with E-state index in [4.69, 9.17) is 11.6 Å². The Balaban J connectivity index is 1.63. The normalized spacial score (nSPS) is 35.2. The van der Waals surface area contributed by atoms with Crippen LogP contribution < -0.4 is 10.9 Å². The Morgan fingerprint density at radius 1 is 1.19 bits per heavy atom. The number of nitrogens with zero attached hydrogens (tertiary/aromatic N) is 2. The Kier molecular flexibility index (Phi) is 4.82. The molecule has 4 unspecified atom stereocenters. The molecule has 2 aliphatic heterocycles. The molecule has 2 N–H and O–H groups in total. The van der Waals surface area contributed by atoms with Crippen molar-refractivity contribution in [2.24, 2.45) is 0 Å². The second-order valence-electron chi connectivity index (χ2n) is 6.29. The van der Waals surface area contributed by atoms with E-state index in [0.29, 0.717) is 18.1 Å². The highest BCUT2D eigenvalue weighted by molar-refractivity contribution is 6.21. The van der Waals surface area contributed by atoms with Crippen molar-refractivity contribution in [2.75, 3.05) is 33.2 Å². The summed E-state index contributed by atoms with van der Waals surface area (Å²) in [5, 5.41) is 0.153. The molecule has 0 bridgehead atoms. The van der Waals surface area contributed by atoms with E-state index in [2.05, 4.69) is 65.0 Å². The van der Waals surface area contributed by atoms with Gasteiger partial charge in [0.2, 0.25) is 0 Å². The molecule has 2 fully saturated rings. The van der Waals surface area contributed by atoms with Crippen LogP contribution in [0, 0.1) is 0 Å². The highest BCUT2D eigenvalue weighted by atomic mass is 35.5. The molecular weight excluding hydrogens is 284 g/mol. The highest BCUT2D eigenvalue weighted by Gasteiger charge is 2.34. The average molecular weight is 309 g/mol. The predicted molar refractivity (Wildman–Crippen MR) is 87.4 cm³/mol. The zero-order valence-corrected chi connectivity index (χ0v) is 13.6. The quantitative estimate of drug-likeness (QED) is 0.828. The van der Waals surface area contributed by atoms with Crippen LogP contribution in [-0.4, -0.2) is 60.5 Å². The maximum Gasteiger partial charge on any atom is 0.0679 e. The summed E-state index contributed by atoms with van der Waals surface area (Å²) in [7, 11) is 2.22. The van der Waals surface area contributed by atoms with Crippen molar-refractivity contribution in [1.82, 2.24) is 20.7 Å². The van der Waals surface area contributed by atoms with Gasteiger partial charge in [0, 0.05) is 38.3 Å². The van der Waals surface area contributed by atoms with Gasteiger partial charge in [0.05, 0.1) is 11.4 Å². The molecule has 0 amide bonds. The second-order valence-corrected chi connectivity index (χ2v) is 6.80. The van der Waals surface area contributed by atoms with E-state index in [0.717, 1.165) is 26.2 Å². The molecule has 0 aliphatic carbocycles. The number of nitrogens with one attached hydrogen (secondary N) is 2. The second kappa shape index (κ2) is 6.63. The standard InChI is InChI=1S/C16H25ClN4/c1-12-16(17)14(19-18-12)10-21-9-8-20(2)15(11-21)13-6-4-3-5-7-13/h3-7,12,14-16,18-19H,8-11H2,1-2H3. The van der Waals surface area contributed by atoms with Crippen LogP contribution in [0.15, 0.2) is 30.3 Å². The number of hydrogen-bond acceptors (Lipinski definition) is 4. The van der Waals surface area contributed by atoms with Crippen LogP contribution in [-0.2, 0) is 0 Å². The van der Waals surface area contributed by atoms with Crippen molar-refractivity contribution in [3.63, 3.8) is 0 Å². The van der Waals surface area contributed by atoms with Crippen LogP contribution >= 0.6 is 11.6 Å². The molecule has 5 heteroatoms. The average Bonchev–Trinajstić information content (AvgIpc) is 2.82. The minimum Gasteiger partial charge on any atom is -0.299 e. The molecule has 2 saturated heterocycles. The third-order valence-corrected chi connectivity index (χ3v) is 5.41. The van der Waals surface area contributed by atoms with Gasteiger partial charge in [-0.15, -0.1) is 11.6 Å². The van der Waals surface area contributed by atoms with Crippen molar-refractivity contribution in [3.05, 3.63) is 35.9 Å². The first-order valence-electron chi connectivity index (χ1n) is 7.78. The van der Waals surface area contributed by atoms with E-state index < -0.39 is 0 Å². The zero-order valence-electron chi connectivity index (χ0n) is 12.8. The van der Waals surface area contributed by atoms with E-state index in [-0.39, 0.29) is 5.38 Å². The number of hydrazine groups is 1. The molecule has 2 heterocycles. The molecule has 0 spiro atoms. The number of halogens is 1. The highest BCUT2D eigenvalue weighted by Crippen LogP contribution is 2.24. The lowest BCUT2D eigenvalue weighted by Crippen LogP contribution is -2.51. The van der Waals surface area contributed by atoms with Crippen molar-refractivity contribution in [3.8, 4) is 0 Å². The summed E-state index contributed by atoms with van der Waals surface area (Å²) >= 11 is 6.47. The fraction of sp³-hybridized carbons (Fsp3) is 0.625. The summed E-state index contributed by atoms with van der Waals surface area (Å²) in [6.45, 7) is 6.40. The van der Waals surface area contributed by atoms with E-state index in [1.165, 1.54) is 5.56 Å².